The molecule has 3 amide bonds. The van der Waals surface area contributed by atoms with Crippen molar-refractivity contribution in [3.63, 3.8) is 0 Å². The number of fused-ring (bicyclic) bond motifs is 3. The number of nitrogens with one attached hydrogen (secondary N) is 2. The molecule has 0 saturated heterocycles. The van der Waals surface area contributed by atoms with Crippen LogP contribution in [0.25, 0.3) is 15.9 Å². The minimum Gasteiger partial charge on any atom is -0.335 e. The largest absolute Gasteiger partial charge is 0.335 e. The average Bonchev–Trinajstić information content (AvgIpc) is 3.51. The number of urea groups is 1. The van der Waals surface area contributed by atoms with E-state index in [0.29, 0.717) is 10.5 Å². The minimum atomic E-state index is -0.606. The Labute approximate surface area is 200 Å². The van der Waals surface area contributed by atoms with E-state index in [9.17, 15) is 14.4 Å². The van der Waals surface area contributed by atoms with Crippen LogP contribution in [0.3, 0.4) is 0 Å². The third-order valence-electron chi connectivity index (χ3n) is 6.05. The second-order valence-corrected chi connectivity index (χ2v) is 11.2. The molecule has 1 fully saturated rings. The van der Waals surface area contributed by atoms with Crippen LogP contribution in [0.2, 0.25) is 0 Å². The molecule has 2 N–H and O–H groups in total. The fourth-order valence-electron chi connectivity index (χ4n) is 4.06. The van der Waals surface area contributed by atoms with Gasteiger partial charge in [-0.25, -0.2) is 9.78 Å². The van der Waals surface area contributed by atoms with Crippen LogP contribution in [-0.2, 0) is 17.6 Å². The molecule has 0 bridgehead atoms. The Hall–Kier alpha value is -2.65. The van der Waals surface area contributed by atoms with Crippen LogP contribution >= 0.6 is 23.1 Å². The van der Waals surface area contributed by atoms with Crippen LogP contribution in [-0.4, -0.2) is 32.8 Å². The van der Waals surface area contributed by atoms with E-state index >= 15 is 0 Å². The topological polar surface area (TPSA) is 93.1 Å². The van der Waals surface area contributed by atoms with E-state index in [2.05, 4.69) is 10.6 Å². The molecule has 3 aromatic rings. The fraction of sp³-hybridized carbons (Fsp3) is 0.417. The summed E-state index contributed by atoms with van der Waals surface area (Å²) in [7, 11) is 0. The van der Waals surface area contributed by atoms with Crippen molar-refractivity contribution in [1.82, 2.24) is 20.2 Å². The van der Waals surface area contributed by atoms with Gasteiger partial charge in [-0.15, -0.1) is 11.3 Å². The summed E-state index contributed by atoms with van der Waals surface area (Å²) in [5.74, 6) is -0.409. The molecule has 172 valence electrons. The van der Waals surface area contributed by atoms with Gasteiger partial charge in [0.15, 0.2) is 5.16 Å². The zero-order chi connectivity index (χ0) is 23.1. The van der Waals surface area contributed by atoms with E-state index in [1.54, 1.807) is 22.8 Å². The Kier molecular flexibility index (Phi) is 6.01. The summed E-state index contributed by atoms with van der Waals surface area (Å²) < 4.78 is 1.61. The van der Waals surface area contributed by atoms with Crippen LogP contribution in [0.1, 0.15) is 48.6 Å². The van der Waals surface area contributed by atoms with Crippen molar-refractivity contribution in [2.45, 2.75) is 68.8 Å². The van der Waals surface area contributed by atoms with Crippen molar-refractivity contribution in [2.24, 2.45) is 0 Å². The number of thioether (sulfide) groups is 1. The van der Waals surface area contributed by atoms with Crippen molar-refractivity contribution in [3.05, 3.63) is 50.6 Å². The van der Waals surface area contributed by atoms with Crippen molar-refractivity contribution in [1.29, 1.82) is 0 Å². The Balaban J connectivity index is 1.53. The molecule has 0 spiro atoms. The zero-order valence-corrected chi connectivity index (χ0v) is 20.3. The number of hydrogen-bond acceptors (Lipinski definition) is 6. The summed E-state index contributed by atoms with van der Waals surface area (Å²) in [5.41, 5.74) is 2.86. The normalized spacial score (nSPS) is 16.3. The first-order chi connectivity index (χ1) is 15.9. The predicted octanol–water partition coefficient (Wildman–Crippen LogP) is 4.10. The average molecular weight is 483 g/mol. The van der Waals surface area contributed by atoms with Crippen LogP contribution in [0, 0.1) is 6.92 Å². The standard InChI is InChI=1S/C24H26N4O3S2/c1-13-7-11-16(12-8-13)28-22(30)19-17-5-3-4-6-18(17)33-21(19)27-24(28)32-14(2)20(29)26-23(31)25-15-9-10-15/h7-8,11-12,14-15H,3-6,9-10H2,1-2H3,(H2,25,26,29,31). The van der Waals surface area contributed by atoms with Crippen molar-refractivity contribution < 1.29 is 9.59 Å². The molecule has 5 rings (SSSR count). The first-order valence-electron chi connectivity index (χ1n) is 11.3. The second-order valence-electron chi connectivity index (χ2n) is 8.76. The van der Waals surface area contributed by atoms with E-state index in [-0.39, 0.29) is 11.6 Å². The fourth-order valence-corrected chi connectivity index (χ4v) is 6.29. The molecular weight excluding hydrogens is 456 g/mol. The molecule has 2 aliphatic carbocycles. The van der Waals surface area contributed by atoms with Gasteiger partial charge in [0.2, 0.25) is 5.91 Å². The Bertz CT molecular complexity index is 1290. The maximum absolute atomic E-state index is 13.8. The number of hydrogen-bond donors (Lipinski definition) is 2. The lowest BCUT2D eigenvalue weighted by Crippen LogP contribution is -2.43. The van der Waals surface area contributed by atoms with E-state index in [4.69, 9.17) is 4.98 Å². The van der Waals surface area contributed by atoms with Gasteiger partial charge in [-0.2, -0.15) is 0 Å². The van der Waals surface area contributed by atoms with E-state index < -0.39 is 17.2 Å². The first-order valence-corrected chi connectivity index (χ1v) is 13.0. The highest BCUT2D eigenvalue weighted by molar-refractivity contribution is 8.00. The monoisotopic (exact) mass is 482 g/mol. The molecule has 0 radical (unpaired) electrons. The number of carbonyl (C=O) groups is 2. The van der Waals surface area contributed by atoms with Crippen molar-refractivity contribution in [2.75, 3.05) is 0 Å². The zero-order valence-electron chi connectivity index (χ0n) is 18.6. The molecule has 2 aromatic heterocycles. The molecule has 9 heteroatoms. The Morgan fingerprint density at radius 2 is 1.91 bits per heavy atom. The number of rotatable bonds is 5. The highest BCUT2D eigenvalue weighted by Crippen LogP contribution is 2.35. The van der Waals surface area contributed by atoms with Gasteiger partial charge in [0, 0.05) is 10.9 Å². The van der Waals surface area contributed by atoms with Crippen LogP contribution < -0.4 is 16.2 Å². The highest BCUT2D eigenvalue weighted by Gasteiger charge is 2.27. The van der Waals surface area contributed by atoms with E-state index in [1.807, 2.05) is 31.2 Å². The van der Waals surface area contributed by atoms with Gasteiger partial charge in [0.25, 0.3) is 5.56 Å². The van der Waals surface area contributed by atoms with Crippen molar-refractivity contribution in [3.8, 4) is 5.69 Å². The molecule has 1 unspecified atom stereocenters. The number of nitrogens with zero attached hydrogens (tertiary/aromatic N) is 2. The van der Waals surface area contributed by atoms with Crippen LogP contribution in [0.5, 0.6) is 0 Å². The summed E-state index contributed by atoms with van der Waals surface area (Å²) >= 11 is 2.79. The number of benzene rings is 1. The third-order valence-corrected chi connectivity index (χ3v) is 8.29. The molecule has 2 heterocycles. The number of aromatic nitrogens is 2. The lowest BCUT2D eigenvalue weighted by Gasteiger charge is -2.16. The predicted molar refractivity (Wildman–Crippen MR) is 132 cm³/mol. The molecule has 2 aliphatic rings. The molecule has 33 heavy (non-hydrogen) atoms. The molecule has 1 saturated carbocycles. The highest BCUT2D eigenvalue weighted by atomic mass is 32.2. The van der Waals surface area contributed by atoms with Crippen LogP contribution in [0.4, 0.5) is 4.79 Å². The van der Waals surface area contributed by atoms with Gasteiger partial charge in [-0.05, 0) is 70.1 Å². The Morgan fingerprint density at radius 1 is 1.18 bits per heavy atom. The van der Waals surface area contributed by atoms with Gasteiger partial charge in [0.1, 0.15) is 4.83 Å². The lowest BCUT2D eigenvalue weighted by atomic mass is 9.97. The van der Waals surface area contributed by atoms with Gasteiger partial charge < -0.3 is 5.32 Å². The number of imide groups is 1. The van der Waals surface area contributed by atoms with Crippen molar-refractivity contribution >= 4 is 45.3 Å². The molecule has 1 atom stereocenters. The SMILES string of the molecule is Cc1ccc(-n2c(SC(C)C(=O)NC(=O)NC3CC3)nc3sc4c(c3c2=O)CCCC4)cc1. The second kappa shape index (κ2) is 8.95. The summed E-state index contributed by atoms with van der Waals surface area (Å²) in [6, 6.07) is 7.42. The van der Waals surface area contributed by atoms with E-state index in [0.717, 1.165) is 60.2 Å². The quantitative estimate of drug-likeness (QED) is 0.422. The minimum absolute atomic E-state index is 0.0927. The van der Waals surface area contributed by atoms with E-state index in [1.165, 1.54) is 16.6 Å². The summed E-state index contributed by atoms with van der Waals surface area (Å²) in [6.07, 6.45) is 6.00. The molecular formula is C24H26N4O3S2. The lowest BCUT2D eigenvalue weighted by molar-refractivity contribution is -0.119. The number of aryl methyl sites for hydroxylation is 3. The maximum atomic E-state index is 13.8. The molecule has 0 aliphatic heterocycles. The smallest absolute Gasteiger partial charge is 0.321 e. The van der Waals surface area contributed by atoms with Gasteiger partial charge >= 0.3 is 6.03 Å². The summed E-state index contributed by atoms with van der Waals surface area (Å²) in [4.78, 5) is 45.3. The Morgan fingerprint density at radius 3 is 2.64 bits per heavy atom. The number of amides is 3. The van der Waals surface area contributed by atoms with Gasteiger partial charge in [0.05, 0.1) is 16.3 Å². The maximum Gasteiger partial charge on any atom is 0.321 e. The van der Waals surface area contributed by atoms with Gasteiger partial charge in [-0.1, -0.05) is 29.5 Å². The van der Waals surface area contributed by atoms with Crippen LogP contribution in [0.15, 0.2) is 34.2 Å². The molecule has 7 nitrogen and oxygen atoms in total. The van der Waals surface area contributed by atoms with Gasteiger partial charge in [-0.3, -0.25) is 19.5 Å². The number of carbonyl (C=O) groups excluding carboxylic acids is 2. The first kappa shape index (κ1) is 22.2. The molecule has 1 aromatic carbocycles. The summed E-state index contributed by atoms with van der Waals surface area (Å²) in [5, 5.41) is 5.73. The third kappa shape index (κ3) is 4.56. The summed E-state index contributed by atoms with van der Waals surface area (Å²) in [6.45, 7) is 3.72. The number of thiophene rings is 1.